The van der Waals surface area contributed by atoms with Gasteiger partial charge in [-0.2, -0.15) is 0 Å². The smallest absolute Gasteiger partial charge is 0.119 e. The largest absolute Gasteiger partial charge is 0.492 e. The topological polar surface area (TPSA) is 32.7 Å². The number of likely N-dealkylation sites (N-methyl/N-ethyl adjacent to an activating group) is 1. The SMILES string of the molecule is CCN(CC)CCOc1ccc(C(O)(Cc2ccc(C)cc2)c2ccc(C)cc2)cc1. The number of hydrogen-bond acceptors (Lipinski definition) is 3. The molecular formula is C28H35NO2. The first kappa shape index (κ1) is 23.1. The predicted molar refractivity (Wildman–Crippen MR) is 129 cm³/mol. The minimum Gasteiger partial charge on any atom is -0.492 e. The van der Waals surface area contributed by atoms with Gasteiger partial charge in [-0.05, 0) is 55.8 Å². The summed E-state index contributed by atoms with van der Waals surface area (Å²) < 4.78 is 5.94. The summed E-state index contributed by atoms with van der Waals surface area (Å²) in [7, 11) is 0. The predicted octanol–water partition coefficient (Wildman–Crippen LogP) is 5.50. The van der Waals surface area contributed by atoms with Crippen LogP contribution in [0.4, 0.5) is 0 Å². The molecule has 31 heavy (non-hydrogen) atoms. The molecule has 0 heterocycles. The number of hydrogen-bond donors (Lipinski definition) is 1. The second kappa shape index (κ2) is 10.6. The second-order valence-corrected chi connectivity index (χ2v) is 8.29. The van der Waals surface area contributed by atoms with Gasteiger partial charge >= 0.3 is 0 Å². The molecule has 0 aliphatic carbocycles. The van der Waals surface area contributed by atoms with Crippen molar-refractivity contribution in [3.05, 3.63) is 101 Å². The van der Waals surface area contributed by atoms with E-state index in [1.54, 1.807) is 0 Å². The number of ether oxygens (including phenoxy) is 1. The molecule has 0 fully saturated rings. The van der Waals surface area contributed by atoms with Gasteiger partial charge in [0.1, 0.15) is 18.0 Å². The van der Waals surface area contributed by atoms with Gasteiger partial charge in [0.25, 0.3) is 0 Å². The Morgan fingerprint density at radius 3 is 1.74 bits per heavy atom. The molecule has 1 unspecified atom stereocenters. The van der Waals surface area contributed by atoms with E-state index in [-0.39, 0.29) is 0 Å². The molecular weight excluding hydrogens is 382 g/mol. The zero-order valence-electron chi connectivity index (χ0n) is 19.3. The Balaban J connectivity index is 1.83. The third-order valence-electron chi connectivity index (χ3n) is 6.01. The van der Waals surface area contributed by atoms with E-state index in [1.165, 1.54) is 11.1 Å². The first-order valence-corrected chi connectivity index (χ1v) is 11.3. The van der Waals surface area contributed by atoms with E-state index in [1.807, 2.05) is 36.4 Å². The lowest BCUT2D eigenvalue weighted by molar-refractivity contribution is 0.0810. The van der Waals surface area contributed by atoms with E-state index in [9.17, 15) is 5.11 Å². The Labute approximate surface area is 187 Å². The maximum Gasteiger partial charge on any atom is 0.119 e. The Bertz CT molecular complexity index is 928. The highest BCUT2D eigenvalue weighted by Gasteiger charge is 2.32. The summed E-state index contributed by atoms with van der Waals surface area (Å²) >= 11 is 0. The fourth-order valence-corrected chi connectivity index (χ4v) is 3.86. The quantitative estimate of drug-likeness (QED) is 0.473. The van der Waals surface area contributed by atoms with Crippen molar-refractivity contribution in [1.29, 1.82) is 0 Å². The van der Waals surface area contributed by atoms with Crippen LogP contribution in [-0.4, -0.2) is 36.2 Å². The first-order valence-electron chi connectivity index (χ1n) is 11.3. The van der Waals surface area contributed by atoms with Crippen molar-refractivity contribution in [3.8, 4) is 5.75 Å². The monoisotopic (exact) mass is 417 g/mol. The van der Waals surface area contributed by atoms with Gasteiger partial charge in [0, 0.05) is 13.0 Å². The summed E-state index contributed by atoms with van der Waals surface area (Å²) in [6, 6.07) is 24.4. The molecule has 1 N–H and O–H groups in total. The average molecular weight is 418 g/mol. The van der Waals surface area contributed by atoms with Gasteiger partial charge in [-0.25, -0.2) is 0 Å². The highest BCUT2D eigenvalue weighted by Crippen LogP contribution is 2.34. The maximum atomic E-state index is 11.9. The molecule has 0 saturated heterocycles. The van der Waals surface area contributed by atoms with Gasteiger partial charge in [-0.15, -0.1) is 0 Å². The molecule has 3 nitrogen and oxygen atoms in total. The highest BCUT2D eigenvalue weighted by molar-refractivity contribution is 5.41. The summed E-state index contributed by atoms with van der Waals surface area (Å²) in [6.07, 6.45) is 0.512. The van der Waals surface area contributed by atoms with Crippen molar-refractivity contribution in [1.82, 2.24) is 4.90 Å². The number of rotatable bonds is 10. The van der Waals surface area contributed by atoms with Crippen molar-refractivity contribution in [3.63, 3.8) is 0 Å². The van der Waals surface area contributed by atoms with Crippen molar-refractivity contribution < 1.29 is 9.84 Å². The zero-order valence-corrected chi connectivity index (χ0v) is 19.3. The van der Waals surface area contributed by atoms with Crippen LogP contribution in [0.3, 0.4) is 0 Å². The van der Waals surface area contributed by atoms with Crippen LogP contribution in [0.1, 0.15) is 41.7 Å². The van der Waals surface area contributed by atoms with E-state index in [0.717, 1.165) is 42.1 Å². The zero-order chi connectivity index (χ0) is 22.3. The van der Waals surface area contributed by atoms with E-state index in [0.29, 0.717) is 13.0 Å². The fraction of sp³-hybridized carbons (Fsp3) is 0.357. The molecule has 0 radical (unpaired) electrons. The molecule has 164 valence electrons. The molecule has 0 aromatic heterocycles. The Morgan fingerprint density at radius 2 is 1.23 bits per heavy atom. The Kier molecular flexibility index (Phi) is 7.89. The third kappa shape index (κ3) is 5.96. The minimum atomic E-state index is -1.11. The van der Waals surface area contributed by atoms with Crippen LogP contribution in [0.5, 0.6) is 5.75 Å². The van der Waals surface area contributed by atoms with E-state index in [4.69, 9.17) is 4.74 Å². The highest BCUT2D eigenvalue weighted by atomic mass is 16.5. The summed E-state index contributed by atoms with van der Waals surface area (Å²) in [5.74, 6) is 0.831. The molecule has 1 atom stereocenters. The first-order chi connectivity index (χ1) is 14.9. The van der Waals surface area contributed by atoms with Gasteiger partial charge in [-0.3, -0.25) is 0 Å². The lowest BCUT2D eigenvalue weighted by atomic mass is 9.81. The Morgan fingerprint density at radius 1 is 0.742 bits per heavy atom. The lowest BCUT2D eigenvalue weighted by Crippen LogP contribution is -2.30. The van der Waals surface area contributed by atoms with Gasteiger partial charge in [0.15, 0.2) is 0 Å². The summed E-state index contributed by atoms with van der Waals surface area (Å²) in [5, 5.41) is 11.9. The molecule has 0 amide bonds. The van der Waals surface area contributed by atoms with Crippen LogP contribution in [0.2, 0.25) is 0 Å². The summed E-state index contributed by atoms with van der Waals surface area (Å²) in [4.78, 5) is 2.34. The van der Waals surface area contributed by atoms with Crippen LogP contribution in [0.15, 0.2) is 72.8 Å². The Hall–Kier alpha value is -2.62. The van der Waals surface area contributed by atoms with Gasteiger partial charge in [0.05, 0.1) is 0 Å². The second-order valence-electron chi connectivity index (χ2n) is 8.29. The maximum absolute atomic E-state index is 11.9. The molecule has 0 saturated carbocycles. The summed E-state index contributed by atoms with van der Waals surface area (Å²) in [6.45, 7) is 12.1. The van der Waals surface area contributed by atoms with Gasteiger partial charge < -0.3 is 14.7 Å². The van der Waals surface area contributed by atoms with Crippen molar-refractivity contribution in [2.24, 2.45) is 0 Å². The van der Waals surface area contributed by atoms with Crippen LogP contribution in [0, 0.1) is 13.8 Å². The summed E-state index contributed by atoms with van der Waals surface area (Å²) in [5.41, 5.74) is 4.16. The van der Waals surface area contributed by atoms with Crippen molar-refractivity contribution >= 4 is 0 Å². The van der Waals surface area contributed by atoms with Crippen molar-refractivity contribution in [2.75, 3.05) is 26.2 Å². The van der Waals surface area contributed by atoms with Gasteiger partial charge in [0.2, 0.25) is 0 Å². The van der Waals surface area contributed by atoms with Crippen LogP contribution in [0.25, 0.3) is 0 Å². The molecule has 0 aliphatic heterocycles. The fourth-order valence-electron chi connectivity index (χ4n) is 3.86. The third-order valence-corrected chi connectivity index (χ3v) is 6.01. The molecule has 3 aromatic carbocycles. The molecule has 3 heteroatoms. The normalized spacial score (nSPS) is 13.2. The number of aryl methyl sites for hydroxylation is 2. The van der Waals surface area contributed by atoms with E-state index < -0.39 is 5.60 Å². The molecule has 0 spiro atoms. The molecule has 0 aliphatic rings. The van der Waals surface area contributed by atoms with Crippen LogP contribution >= 0.6 is 0 Å². The van der Waals surface area contributed by atoms with Crippen LogP contribution in [-0.2, 0) is 12.0 Å². The van der Waals surface area contributed by atoms with Gasteiger partial charge in [-0.1, -0.05) is 85.6 Å². The molecule has 3 aromatic rings. The van der Waals surface area contributed by atoms with Crippen molar-refractivity contribution in [2.45, 2.75) is 39.7 Å². The van der Waals surface area contributed by atoms with E-state index in [2.05, 4.69) is 69.0 Å². The number of nitrogens with zero attached hydrogens (tertiary/aromatic N) is 1. The lowest BCUT2D eigenvalue weighted by Gasteiger charge is -2.30. The number of aliphatic hydroxyl groups is 1. The molecule has 0 bridgehead atoms. The van der Waals surface area contributed by atoms with Crippen LogP contribution < -0.4 is 4.74 Å². The number of benzene rings is 3. The average Bonchev–Trinajstić information content (AvgIpc) is 2.79. The standard InChI is InChI=1S/C28H35NO2/c1-5-29(6-2)19-20-31-27-17-15-26(16-18-27)28(30,25-13-9-23(4)10-14-25)21-24-11-7-22(3)8-12-24/h7-18,30H,5-6,19-21H2,1-4H3. The molecule has 3 rings (SSSR count). The van der Waals surface area contributed by atoms with E-state index >= 15 is 0 Å². The minimum absolute atomic E-state index is 0.512.